The van der Waals surface area contributed by atoms with Gasteiger partial charge in [-0.1, -0.05) is 42.0 Å². The molecule has 0 spiro atoms. The van der Waals surface area contributed by atoms with Gasteiger partial charge in [0.1, 0.15) is 6.61 Å². The summed E-state index contributed by atoms with van der Waals surface area (Å²) in [5.41, 5.74) is 4.68. The second-order valence-electron chi connectivity index (χ2n) is 9.84. The molecule has 0 aliphatic rings. The summed E-state index contributed by atoms with van der Waals surface area (Å²) in [5.74, 6) is -1.67. The van der Waals surface area contributed by atoms with Crippen molar-refractivity contribution in [2.45, 2.75) is 52.9 Å². The van der Waals surface area contributed by atoms with Crippen LogP contribution < -0.4 is 14.8 Å². The number of carboxylic acid groups (broad SMARTS) is 1. The number of aryl methyl sites for hydroxylation is 1. The standard InChI is InChI=1S/C29H36N2O3.C2HF3O2/c1-20(2)31(21(3)4)16-17-34-28-19-26(14-15-27(28)33-6)30-29(32)24-12-10-23(11-13-24)25-9-7-8-22(5)18-25;3-2(4,5)1(6)7/h7-15,18-21H,16-17H2,1-6H3,(H,30,32);(H,6,7). The molecule has 0 aromatic heterocycles. The van der Waals surface area contributed by atoms with Crippen molar-refractivity contribution < 1.29 is 37.3 Å². The molecule has 0 saturated carbocycles. The van der Waals surface area contributed by atoms with Crippen LogP contribution in [0.5, 0.6) is 11.5 Å². The average molecular weight is 575 g/mol. The Balaban J connectivity index is 0.000000745. The van der Waals surface area contributed by atoms with Gasteiger partial charge in [-0.2, -0.15) is 13.2 Å². The second-order valence-corrected chi connectivity index (χ2v) is 9.84. The zero-order valence-electron chi connectivity index (χ0n) is 24.1. The monoisotopic (exact) mass is 574 g/mol. The third-order valence-corrected chi connectivity index (χ3v) is 6.10. The van der Waals surface area contributed by atoms with Crippen LogP contribution in [-0.2, 0) is 4.79 Å². The maximum atomic E-state index is 12.8. The topological polar surface area (TPSA) is 88.1 Å². The molecule has 7 nitrogen and oxygen atoms in total. The Hall–Kier alpha value is -4.05. The zero-order chi connectivity index (χ0) is 30.7. The number of methoxy groups -OCH3 is 1. The number of carbonyl (C=O) groups is 2. The number of aliphatic carboxylic acids is 1. The smallest absolute Gasteiger partial charge is 0.490 e. The van der Waals surface area contributed by atoms with Gasteiger partial charge in [-0.05, 0) is 70.0 Å². The normalized spacial score (nSPS) is 11.2. The summed E-state index contributed by atoms with van der Waals surface area (Å²) in [4.78, 5) is 24.1. The third kappa shape index (κ3) is 10.5. The molecule has 3 aromatic rings. The fraction of sp³-hybridized carbons (Fsp3) is 0.355. The molecule has 0 atom stereocenters. The molecule has 0 saturated heterocycles. The highest BCUT2D eigenvalue weighted by Crippen LogP contribution is 2.31. The lowest BCUT2D eigenvalue weighted by molar-refractivity contribution is -0.192. The maximum absolute atomic E-state index is 12.8. The van der Waals surface area contributed by atoms with Gasteiger partial charge in [0, 0.05) is 35.9 Å². The fourth-order valence-electron chi connectivity index (χ4n) is 4.08. The van der Waals surface area contributed by atoms with Crippen LogP contribution in [0.4, 0.5) is 18.9 Å². The largest absolute Gasteiger partial charge is 0.493 e. The van der Waals surface area contributed by atoms with Crippen molar-refractivity contribution in [3.63, 3.8) is 0 Å². The molecule has 0 radical (unpaired) electrons. The van der Waals surface area contributed by atoms with Crippen molar-refractivity contribution in [1.29, 1.82) is 0 Å². The molecule has 0 aliphatic carbocycles. The highest BCUT2D eigenvalue weighted by Gasteiger charge is 2.38. The summed E-state index contributed by atoms with van der Waals surface area (Å²) in [6, 6.07) is 22.3. The maximum Gasteiger partial charge on any atom is 0.490 e. The molecule has 41 heavy (non-hydrogen) atoms. The summed E-state index contributed by atoms with van der Waals surface area (Å²) < 4.78 is 43.2. The van der Waals surface area contributed by atoms with Gasteiger partial charge in [0.15, 0.2) is 11.5 Å². The van der Waals surface area contributed by atoms with Crippen molar-refractivity contribution >= 4 is 17.6 Å². The van der Waals surface area contributed by atoms with E-state index in [2.05, 4.69) is 63.0 Å². The number of amides is 1. The molecule has 0 aliphatic heterocycles. The van der Waals surface area contributed by atoms with Crippen molar-refractivity contribution in [3.05, 3.63) is 77.9 Å². The van der Waals surface area contributed by atoms with E-state index in [0.29, 0.717) is 41.4 Å². The van der Waals surface area contributed by atoms with Crippen molar-refractivity contribution in [2.24, 2.45) is 0 Å². The number of nitrogens with zero attached hydrogens (tertiary/aromatic N) is 1. The highest BCUT2D eigenvalue weighted by molar-refractivity contribution is 6.04. The Bertz CT molecular complexity index is 1280. The minimum absolute atomic E-state index is 0.169. The van der Waals surface area contributed by atoms with E-state index in [9.17, 15) is 18.0 Å². The zero-order valence-corrected chi connectivity index (χ0v) is 24.1. The molecule has 10 heteroatoms. The number of benzene rings is 3. The number of ether oxygens (including phenoxy) is 2. The number of anilines is 1. The number of alkyl halides is 3. The summed E-state index contributed by atoms with van der Waals surface area (Å²) in [5, 5.41) is 10.1. The molecule has 2 N–H and O–H groups in total. The number of rotatable bonds is 10. The molecule has 0 heterocycles. The minimum atomic E-state index is -5.08. The van der Waals surface area contributed by atoms with Crippen LogP contribution in [0.3, 0.4) is 0 Å². The van der Waals surface area contributed by atoms with Gasteiger partial charge in [-0.3, -0.25) is 9.69 Å². The van der Waals surface area contributed by atoms with Crippen molar-refractivity contribution in [3.8, 4) is 22.6 Å². The summed E-state index contributed by atoms with van der Waals surface area (Å²) >= 11 is 0. The number of hydrogen-bond donors (Lipinski definition) is 2. The number of hydrogen-bond acceptors (Lipinski definition) is 5. The van der Waals surface area contributed by atoms with E-state index < -0.39 is 12.1 Å². The van der Waals surface area contributed by atoms with Gasteiger partial charge in [-0.15, -0.1) is 0 Å². The van der Waals surface area contributed by atoms with E-state index in [1.807, 2.05) is 48.5 Å². The first-order valence-corrected chi connectivity index (χ1v) is 13.1. The predicted molar refractivity (Wildman–Crippen MR) is 154 cm³/mol. The van der Waals surface area contributed by atoms with Gasteiger partial charge in [0.25, 0.3) is 5.91 Å². The molecule has 222 valence electrons. The Kier molecular flexibility index (Phi) is 12.2. The summed E-state index contributed by atoms with van der Waals surface area (Å²) in [6.45, 7) is 12.2. The second kappa shape index (κ2) is 15.1. The first kappa shape index (κ1) is 33.2. The van der Waals surface area contributed by atoms with Crippen molar-refractivity contribution in [2.75, 3.05) is 25.6 Å². The van der Waals surface area contributed by atoms with Crippen LogP contribution >= 0.6 is 0 Å². The van der Waals surface area contributed by atoms with Crippen LogP contribution in [0, 0.1) is 6.92 Å². The summed E-state index contributed by atoms with van der Waals surface area (Å²) in [7, 11) is 1.62. The first-order chi connectivity index (χ1) is 19.2. The lowest BCUT2D eigenvalue weighted by atomic mass is 10.0. The predicted octanol–water partition coefficient (Wildman–Crippen LogP) is 7.05. The van der Waals surface area contributed by atoms with Crippen LogP contribution in [-0.4, -0.2) is 60.4 Å². The number of carboxylic acids is 1. The molecular formula is C31H37F3N2O5. The lowest BCUT2D eigenvalue weighted by Crippen LogP contribution is -2.39. The van der Waals surface area contributed by atoms with E-state index in [0.717, 1.165) is 17.7 Å². The van der Waals surface area contributed by atoms with E-state index in [1.165, 1.54) is 5.56 Å². The van der Waals surface area contributed by atoms with Crippen LogP contribution in [0.25, 0.3) is 11.1 Å². The molecule has 0 fully saturated rings. The highest BCUT2D eigenvalue weighted by atomic mass is 19.4. The SMILES string of the molecule is COc1ccc(NC(=O)c2ccc(-c3cccc(C)c3)cc2)cc1OCCN(C(C)C)C(C)C.O=C(O)C(F)(F)F. The Morgan fingerprint density at radius 3 is 2.02 bits per heavy atom. The Morgan fingerprint density at radius 1 is 0.902 bits per heavy atom. The third-order valence-electron chi connectivity index (χ3n) is 6.10. The molecule has 0 unspecified atom stereocenters. The molecule has 0 bridgehead atoms. The van der Waals surface area contributed by atoms with Gasteiger partial charge in [0.05, 0.1) is 7.11 Å². The molecule has 1 amide bonds. The minimum Gasteiger partial charge on any atom is -0.493 e. The van der Waals surface area contributed by atoms with E-state index in [4.69, 9.17) is 19.4 Å². The Morgan fingerprint density at radius 2 is 1.51 bits per heavy atom. The van der Waals surface area contributed by atoms with E-state index in [1.54, 1.807) is 7.11 Å². The van der Waals surface area contributed by atoms with Gasteiger partial charge in [-0.25, -0.2) is 4.79 Å². The van der Waals surface area contributed by atoms with Crippen LogP contribution in [0.2, 0.25) is 0 Å². The lowest BCUT2D eigenvalue weighted by Gasteiger charge is -2.30. The molecular weight excluding hydrogens is 537 g/mol. The molecule has 3 rings (SSSR count). The van der Waals surface area contributed by atoms with Gasteiger partial charge >= 0.3 is 12.1 Å². The average Bonchev–Trinajstić information content (AvgIpc) is 2.90. The summed E-state index contributed by atoms with van der Waals surface area (Å²) in [6.07, 6.45) is -5.08. The van der Waals surface area contributed by atoms with Gasteiger partial charge < -0.3 is 19.9 Å². The fourth-order valence-corrected chi connectivity index (χ4v) is 4.08. The quantitative estimate of drug-likeness (QED) is 0.270. The number of carbonyl (C=O) groups excluding carboxylic acids is 1. The van der Waals surface area contributed by atoms with Crippen molar-refractivity contribution in [1.82, 2.24) is 4.90 Å². The van der Waals surface area contributed by atoms with Crippen LogP contribution in [0.1, 0.15) is 43.6 Å². The van der Waals surface area contributed by atoms with E-state index >= 15 is 0 Å². The number of halogens is 3. The van der Waals surface area contributed by atoms with Gasteiger partial charge in [0.2, 0.25) is 0 Å². The number of nitrogens with one attached hydrogen (secondary N) is 1. The van der Waals surface area contributed by atoms with E-state index in [-0.39, 0.29) is 5.91 Å². The molecule has 3 aromatic carbocycles. The van der Waals surface area contributed by atoms with Crippen LogP contribution in [0.15, 0.2) is 66.7 Å². The Labute approximate surface area is 238 Å². The first-order valence-electron chi connectivity index (χ1n) is 13.1.